The molecule has 1 aliphatic rings. The maximum absolute atomic E-state index is 13.3. The Kier molecular flexibility index (Phi) is 11.8. The molecule has 2 heterocycles. The summed E-state index contributed by atoms with van der Waals surface area (Å²) in [6.07, 6.45) is 0.821. The van der Waals surface area contributed by atoms with Crippen molar-refractivity contribution in [3.8, 4) is 5.88 Å². The van der Waals surface area contributed by atoms with Gasteiger partial charge < -0.3 is 19.9 Å². The average molecular weight is 769 g/mol. The van der Waals surface area contributed by atoms with Crippen molar-refractivity contribution in [3.63, 3.8) is 0 Å². The third-order valence-corrected chi connectivity index (χ3v) is 11.1. The van der Waals surface area contributed by atoms with E-state index < -0.39 is 26.7 Å². The fourth-order valence-electron chi connectivity index (χ4n) is 6.02. The Morgan fingerprint density at radius 2 is 1.43 bits per heavy atom. The number of rotatable bonds is 13. The number of piperidine rings is 1. The van der Waals surface area contributed by atoms with Crippen molar-refractivity contribution in [1.29, 1.82) is 0 Å². The topological polar surface area (TPSA) is 101 Å². The average Bonchev–Trinajstić information content (AvgIpc) is 3.06. The van der Waals surface area contributed by atoms with Crippen LogP contribution in [-0.2, 0) is 14.8 Å². The number of pyridine rings is 1. The highest BCUT2D eigenvalue weighted by molar-refractivity contribution is 7.90. The molecule has 8 nitrogen and oxygen atoms in total. The Morgan fingerprint density at radius 3 is 1.96 bits per heavy atom. The molecular weight excluding hydrogens is 726 g/mol. The third-order valence-electron chi connectivity index (χ3n) is 8.95. The second-order valence-corrected chi connectivity index (χ2v) is 16.8. The summed E-state index contributed by atoms with van der Waals surface area (Å²) < 4.78 is 76.6. The molecule has 0 saturated carbocycles. The minimum Gasteiger partial charge on any atom is -0.471 e. The summed E-state index contributed by atoms with van der Waals surface area (Å²) in [5.74, 6) is 0.124. The van der Waals surface area contributed by atoms with E-state index in [4.69, 9.17) is 37.7 Å². The van der Waals surface area contributed by atoms with E-state index in [1.807, 2.05) is 80.6 Å². The molecule has 3 aromatic carbocycles. The van der Waals surface area contributed by atoms with Gasteiger partial charge in [0.05, 0.1) is 24.3 Å². The SMILES string of the molecule is CC(C)(CO)OCCC(C)(C)Oc1cc(NC2CCN(S(=O)(=O)C(F)(F)F)CC2)c2cc(C(c3ccc(Cl)cc3)c3ccc(Cl)cc3)ccc2n1. The van der Waals surface area contributed by atoms with Crippen LogP contribution in [0.4, 0.5) is 18.9 Å². The van der Waals surface area contributed by atoms with Crippen LogP contribution in [0.2, 0.25) is 10.0 Å². The van der Waals surface area contributed by atoms with Crippen LogP contribution in [0.3, 0.4) is 0 Å². The van der Waals surface area contributed by atoms with Gasteiger partial charge in [0, 0.05) is 58.7 Å². The number of halogens is 5. The predicted molar refractivity (Wildman–Crippen MR) is 195 cm³/mol. The second kappa shape index (κ2) is 15.5. The summed E-state index contributed by atoms with van der Waals surface area (Å²) in [6, 6.07) is 22.6. The van der Waals surface area contributed by atoms with E-state index in [2.05, 4.69) is 5.32 Å². The van der Waals surface area contributed by atoms with Crippen LogP contribution in [-0.4, -0.2) is 71.9 Å². The number of ether oxygens (including phenoxy) is 2. The molecular formula is C37H42Cl2F3N3O5S. The summed E-state index contributed by atoms with van der Waals surface area (Å²) in [5, 5.41) is 15.0. The van der Waals surface area contributed by atoms with Gasteiger partial charge in [-0.3, -0.25) is 0 Å². The number of nitrogens with zero attached hydrogens (tertiary/aromatic N) is 2. The van der Waals surface area contributed by atoms with Crippen molar-refractivity contribution in [2.45, 2.75) is 75.6 Å². The van der Waals surface area contributed by atoms with E-state index in [0.29, 0.717) is 44.5 Å². The van der Waals surface area contributed by atoms with Gasteiger partial charge in [0.25, 0.3) is 0 Å². The van der Waals surface area contributed by atoms with E-state index in [1.165, 1.54) is 0 Å². The number of nitrogens with one attached hydrogen (secondary N) is 1. The molecule has 0 amide bonds. The Morgan fingerprint density at radius 1 is 0.882 bits per heavy atom. The number of sulfonamides is 1. The number of fused-ring (bicyclic) bond motifs is 1. The van der Waals surface area contributed by atoms with E-state index in [9.17, 15) is 26.7 Å². The summed E-state index contributed by atoms with van der Waals surface area (Å²) in [4.78, 5) is 4.84. The second-order valence-electron chi connectivity index (χ2n) is 14.0. The molecule has 14 heteroatoms. The van der Waals surface area contributed by atoms with Crippen LogP contribution in [0.15, 0.2) is 72.8 Å². The Balaban J connectivity index is 1.51. The molecule has 0 aliphatic carbocycles. The van der Waals surface area contributed by atoms with Crippen molar-refractivity contribution in [2.24, 2.45) is 0 Å². The van der Waals surface area contributed by atoms with Gasteiger partial charge in [-0.1, -0.05) is 53.5 Å². The van der Waals surface area contributed by atoms with E-state index in [1.54, 1.807) is 19.9 Å². The lowest BCUT2D eigenvalue weighted by atomic mass is 9.84. The number of alkyl halides is 3. The molecule has 1 fully saturated rings. The first kappa shape index (κ1) is 39.1. The molecule has 0 atom stereocenters. The first-order valence-electron chi connectivity index (χ1n) is 16.6. The van der Waals surface area contributed by atoms with Crippen molar-refractivity contribution in [1.82, 2.24) is 9.29 Å². The minimum atomic E-state index is -5.41. The van der Waals surface area contributed by atoms with Gasteiger partial charge >= 0.3 is 15.5 Å². The lowest BCUT2D eigenvalue weighted by Gasteiger charge is -2.33. The smallest absolute Gasteiger partial charge is 0.471 e. The van der Waals surface area contributed by atoms with Crippen LogP contribution in [0.5, 0.6) is 5.88 Å². The largest absolute Gasteiger partial charge is 0.511 e. The number of benzene rings is 3. The van der Waals surface area contributed by atoms with Gasteiger partial charge in [-0.2, -0.15) is 17.5 Å². The molecule has 0 radical (unpaired) electrons. The number of hydrogen-bond donors (Lipinski definition) is 2. The number of hydrogen-bond acceptors (Lipinski definition) is 7. The van der Waals surface area contributed by atoms with Gasteiger partial charge in [0.2, 0.25) is 5.88 Å². The molecule has 2 N–H and O–H groups in total. The number of aromatic nitrogens is 1. The molecule has 1 aromatic heterocycles. The maximum atomic E-state index is 13.3. The molecule has 51 heavy (non-hydrogen) atoms. The zero-order valence-electron chi connectivity index (χ0n) is 28.8. The molecule has 5 rings (SSSR count). The Labute approximate surface area is 306 Å². The first-order chi connectivity index (χ1) is 23.9. The molecule has 0 unspecified atom stereocenters. The molecule has 0 spiro atoms. The standard InChI is InChI=1S/C37H42Cl2F3N3O5S/c1-35(2,17-20-49-36(3,4)23-46)50-33-22-32(43-29-15-18-45(19-16-29)51(47,48)37(40,41)42)30-21-26(9-14-31(30)44-33)34(24-5-10-27(38)11-6-24)25-7-12-28(39)13-8-25/h5-14,21-22,29,34,46H,15-20,23H2,1-4H3,(H,43,44). The minimum absolute atomic E-state index is 0.129. The van der Waals surface area contributed by atoms with Gasteiger partial charge in [-0.25, -0.2) is 13.4 Å². The summed E-state index contributed by atoms with van der Waals surface area (Å²) in [5.41, 5.74) is -2.56. The summed E-state index contributed by atoms with van der Waals surface area (Å²) in [6.45, 7) is 7.06. The van der Waals surface area contributed by atoms with Crippen LogP contribution >= 0.6 is 23.2 Å². The summed E-state index contributed by atoms with van der Waals surface area (Å²) in [7, 11) is -5.41. The maximum Gasteiger partial charge on any atom is 0.511 e. The monoisotopic (exact) mass is 767 g/mol. The van der Waals surface area contributed by atoms with Crippen molar-refractivity contribution in [2.75, 3.05) is 31.6 Å². The lowest BCUT2D eigenvalue weighted by Crippen LogP contribution is -2.47. The molecule has 0 bridgehead atoms. The van der Waals surface area contributed by atoms with E-state index in [0.717, 1.165) is 22.1 Å². The number of aliphatic hydroxyl groups excluding tert-OH is 1. The van der Waals surface area contributed by atoms with Crippen molar-refractivity contribution < 1.29 is 36.2 Å². The number of aliphatic hydroxyl groups is 1. The Hall–Kier alpha value is -3.13. The zero-order chi connectivity index (χ0) is 37.2. The normalized spacial score (nSPS) is 15.4. The van der Waals surface area contributed by atoms with Crippen molar-refractivity contribution >= 4 is 49.8 Å². The van der Waals surface area contributed by atoms with E-state index >= 15 is 0 Å². The molecule has 4 aromatic rings. The predicted octanol–water partition coefficient (Wildman–Crippen LogP) is 8.78. The van der Waals surface area contributed by atoms with Gasteiger partial charge in [-0.15, -0.1) is 0 Å². The number of anilines is 1. The van der Waals surface area contributed by atoms with Crippen LogP contribution < -0.4 is 10.1 Å². The first-order valence-corrected chi connectivity index (χ1v) is 18.8. The highest BCUT2D eigenvalue weighted by Crippen LogP contribution is 2.38. The van der Waals surface area contributed by atoms with Gasteiger partial charge in [0.15, 0.2) is 0 Å². The zero-order valence-corrected chi connectivity index (χ0v) is 31.1. The molecule has 1 aliphatic heterocycles. The van der Waals surface area contributed by atoms with Gasteiger partial charge in [0.1, 0.15) is 5.60 Å². The highest BCUT2D eigenvalue weighted by Gasteiger charge is 2.50. The quantitative estimate of drug-likeness (QED) is 0.131. The van der Waals surface area contributed by atoms with Gasteiger partial charge in [-0.05, 0) is 93.6 Å². The lowest BCUT2D eigenvalue weighted by molar-refractivity contribution is -0.0688. The highest BCUT2D eigenvalue weighted by atomic mass is 35.5. The van der Waals surface area contributed by atoms with E-state index in [-0.39, 0.29) is 44.5 Å². The van der Waals surface area contributed by atoms with Crippen LogP contribution in [0.1, 0.15) is 69.6 Å². The van der Waals surface area contributed by atoms with Crippen LogP contribution in [0.25, 0.3) is 10.9 Å². The van der Waals surface area contributed by atoms with Crippen molar-refractivity contribution in [3.05, 3.63) is 99.5 Å². The van der Waals surface area contributed by atoms with Crippen LogP contribution in [0, 0.1) is 0 Å². The fraction of sp³-hybridized carbons (Fsp3) is 0.432. The fourth-order valence-corrected chi connectivity index (χ4v) is 7.25. The molecule has 1 saturated heterocycles. The third kappa shape index (κ3) is 9.65. The Bertz CT molecular complexity index is 1870. The summed E-state index contributed by atoms with van der Waals surface area (Å²) >= 11 is 12.5. The molecule has 276 valence electrons.